The van der Waals surface area contributed by atoms with Gasteiger partial charge in [0, 0.05) is 12.6 Å². The standard InChI is InChI=1S/C13H25N5OS/c1-5-10(6-2)15-12(19)9(4)20-13-17-16-11(8-14)18(13)7-3/h9-10H,5-8,14H2,1-4H3,(H,15,19). The Hall–Kier alpha value is -1.08. The summed E-state index contributed by atoms with van der Waals surface area (Å²) in [6.45, 7) is 9.17. The fourth-order valence-electron chi connectivity index (χ4n) is 1.90. The van der Waals surface area contributed by atoms with E-state index >= 15 is 0 Å². The maximum absolute atomic E-state index is 12.1. The molecule has 0 bridgehead atoms. The molecule has 0 aliphatic carbocycles. The number of thioether (sulfide) groups is 1. The number of nitrogens with one attached hydrogen (secondary N) is 1. The molecule has 3 N–H and O–H groups in total. The first-order valence-corrected chi connectivity index (χ1v) is 8.04. The molecule has 1 heterocycles. The van der Waals surface area contributed by atoms with Gasteiger partial charge in [0.2, 0.25) is 5.91 Å². The van der Waals surface area contributed by atoms with Crippen molar-refractivity contribution >= 4 is 17.7 Å². The predicted octanol–water partition coefficient (Wildman–Crippen LogP) is 1.54. The minimum absolute atomic E-state index is 0.0450. The highest BCUT2D eigenvalue weighted by atomic mass is 32.2. The zero-order chi connectivity index (χ0) is 15.1. The summed E-state index contributed by atoms with van der Waals surface area (Å²) in [5.74, 6) is 0.797. The lowest BCUT2D eigenvalue weighted by Gasteiger charge is -2.18. The van der Waals surface area contributed by atoms with E-state index in [-0.39, 0.29) is 17.2 Å². The molecule has 0 spiro atoms. The van der Waals surface area contributed by atoms with Gasteiger partial charge in [0.15, 0.2) is 5.16 Å². The lowest BCUT2D eigenvalue weighted by Crippen LogP contribution is -2.38. The van der Waals surface area contributed by atoms with Crippen LogP contribution in [0.3, 0.4) is 0 Å². The van der Waals surface area contributed by atoms with Crippen LogP contribution in [-0.4, -0.2) is 32.0 Å². The number of amides is 1. The zero-order valence-electron chi connectivity index (χ0n) is 12.7. The van der Waals surface area contributed by atoms with Gasteiger partial charge in [-0.2, -0.15) is 0 Å². The molecule has 0 aliphatic heterocycles. The lowest BCUT2D eigenvalue weighted by atomic mass is 10.2. The van der Waals surface area contributed by atoms with Crippen molar-refractivity contribution in [3.63, 3.8) is 0 Å². The van der Waals surface area contributed by atoms with Crippen LogP contribution < -0.4 is 11.1 Å². The SMILES string of the molecule is CCC(CC)NC(=O)C(C)Sc1nnc(CN)n1CC. The van der Waals surface area contributed by atoms with E-state index in [0.29, 0.717) is 6.54 Å². The molecule has 6 nitrogen and oxygen atoms in total. The summed E-state index contributed by atoms with van der Waals surface area (Å²) in [5, 5.41) is 11.8. The van der Waals surface area contributed by atoms with E-state index in [1.807, 2.05) is 18.4 Å². The zero-order valence-corrected chi connectivity index (χ0v) is 13.5. The van der Waals surface area contributed by atoms with Gasteiger partial charge >= 0.3 is 0 Å². The van der Waals surface area contributed by atoms with Crippen LogP contribution in [0.2, 0.25) is 0 Å². The van der Waals surface area contributed by atoms with Crippen LogP contribution in [0, 0.1) is 0 Å². The summed E-state index contributed by atoms with van der Waals surface area (Å²) in [4.78, 5) is 12.1. The molecule has 114 valence electrons. The molecule has 7 heteroatoms. The third-order valence-corrected chi connectivity index (χ3v) is 4.36. The number of nitrogens with two attached hydrogens (primary N) is 1. The fraction of sp³-hybridized carbons (Fsp3) is 0.769. The molecule has 0 radical (unpaired) electrons. The van der Waals surface area contributed by atoms with Crippen LogP contribution in [-0.2, 0) is 17.9 Å². The van der Waals surface area contributed by atoms with Crippen molar-refractivity contribution in [2.24, 2.45) is 5.73 Å². The van der Waals surface area contributed by atoms with E-state index in [0.717, 1.165) is 30.4 Å². The Morgan fingerprint density at radius 2 is 2.00 bits per heavy atom. The molecular formula is C13H25N5OS. The van der Waals surface area contributed by atoms with Gasteiger partial charge in [-0.3, -0.25) is 4.79 Å². The van der Waals surface area contributed by atoms with E-state index in [9.17, 15) is 4.79 Å². The maximum Gasteiger partial charge on any atom is 0.233 e. The molecule has 1 atom stereocenters. The first-order valence-electron chi connectivity index (χ1n) is 7.16. The summed E-state index contributed by atoms with van der Waals surface area (Å²) in [6, 6.07) is 0.245. The highest BCUT2D eigenvalue weighted by Crippen LogP contribution is 2.22. The van der Waals surface area contributed by atoms with Crippen LogP contribution in [0.1, 0.15) is 46.4 Å². The van der Waals surface area contributed by atoms with Gasteiger partial charge in [-0.15, -0.1) is 10.2 Å². The molecule has 0 fully saturated rings. The summed E-state index contributed by atoms with van der Waals surface area (Å²) < 4.78 is 1.95. The van der Waals surface area contributed by atoms with Gasteiger partial charge in [0.1, 0.15) is 5.82 Å². The molecule has 0 saturated carbocycles. The predicted molar refractivity (Wildman–Crippen MR) is 81.4 cm³/mol. The molecule has 1 aromatic heterocycles. The van der Waals surface area contributed by atoms with Crippen molar-refractivity contribution in [3.05, 3.63) is 5.82 Å². The molecular weight excluding hydrogens is 274 g/mol. The minimum Gasteiger partial charge on any atom is -0.352 e. The van der Waals surface area contributed by atoms with Crippen LogP contribution in [0.4, 0.5) is 0 Å². The Balaban J connectivity index is 2.68. The van der Waals surface area contributed by atoms with E-state index in [4.69, 9.17) is 5.73 Å². The monoisotopic (exact) mass is 299 g/mol. The third-order valence-electron chi connectivity index (χ3n) is 3.28. The van der Waals surface area contributed by atoms with Gasteiger partial charge in [0.25, 0.3) is 0 Å². The average Bonchev–Trinajstić information content (AvgIpc) is 2.85. The van der Waals surface area contributed by atoms with Crippen molar-refractivity contribution in [1.82, 2.24) is 20.1 Å². The fourth-order valence-corrected chi connectivity index (χ4v) is 2.84. The van der Waals surface area contributed by atoms with E-state index in [1.165, 1.54) is 11.8 Å². The third kappa shape index (κ3) is 4.21. The quantitative estimate of drug-likeness (QED) is 0.711. The molecule has 1 aromatic rings. The number of carbonyl (C=O) groups excluding carboxylic acids is 1. The van der Waals surface area contributed by atoms with Crippen LogP contribution in [0.5, 0.6) is 0 Å². The van der Waals surface area contributed by atoms with Gasteiger partial charge in [-0.1, -0.05) is 25.6 Å². The Labute approximate surface area is 124 Å². The number of aromatic nitrogens is 3. The van der Waals surface area contributed by atoms with E-state index in [2.05, 4.69) is 29.4 Å². The van der Waals surface area contributed by atoms with Gasteiger partial charge in [-0.25, -0.2) is 0 Å². The first kappa shape index (κ1) is 17.0. The molecule has 0 aromatic carbocycles. The number of carbonyl (C=O) groups is 1. The molecule has 20 heavy (non-hydrogen) atoms. The second kappa shape index (κ2) is 8.26. The summed E-state index contributed by atoms with van der Waals surface area (Å²) in [6.07, 6.45) is 1.89. The highest BCUT2D eigenvalue weighted by molar-refractivity contribution is 8.00. The number of hydrogen-bond acceptors (Lipinski definition) is 5. The molecule has 0 aliphatic rings. The lowest BCUT2D eigenvalue weighted by molar-refractivity contribution is -0.121. The van der Waals surface area contributed by atoms with Crippen molar-refractivity contribution in [3.8, 4) is 0 Å². The van der Waals surface area contributed by atoms with Crippen LogP contribution in [0.25, 0.3) is 0 Å². The Morgan fingerprint density at radius 1 is 1.35 bits per heavy atom. The second-order valence-electron chi connectivity index (χ2n) is 4.63. The topological polar surface area (TPSA) is 85.8 Å². The minimum atomic E-state index is -0.198. The van der Waals surface area contributed by atoms with Crippen LogP contribution in [0.15, 0.2) is 5.16 Å². The Kier molecular flexibility index (Phi) is 7.01. The maximum atomic E-state index is 12.1. The van der Waals surface area contributed by atoms with E-state index in [1.54, 1.807) is 0 Å². The Bertz CT molecular complexity index is 430. The van der Waals surface area contributed by atoms with E-state index < -0.39 is 0 Å². The van der Waals surface area contributed by atoms with Crippen LogP contribution >= 0.6 is 11.8 Å². The normalized spacial score (nSPS) is 12.7. The largest absolute Gasteiger partial charge is 0.352 e. The molecule has 1 rings (SSSR count). The smallest absolute Gasteiger partial charge is 0.233 e. The van der Waals surface area contributed by atoms with Gasteiger partial charge in [0.05, 0.1) is 11.8 Å². The summed E-state index contributed by atoms with van der Waals surface area (Å²) >= 11 is 1.42. The van der Waals surface area contributed by atoms with Gasteiger partial charge < -0.3 is 15.6 Å². The van der Waals surface area contributed by atoms with Gasteiger partial charge in [-0.05, 0) is 26.7 Å². The number of hydrogen-bond donors (Lipinski definition) is 2. The van der Waals surface area contributed by atoms with Crippen molar-refractivity contribution < 1.29 is 4.79 Å². The van der Waals surface area contributed by atoms with Crippen molar-refractivity contribution in [1.29, 1.82) is 0 Å². The highest BCUT2D eigenvalue weighted by Gasteiger charge is 2.20. The Morgan fingerprint density at radius 3 is 2.50 bits per heavy atom. The molecule has 0 saturated heterocycles. The van der Waals surface area contributed by atoms with Crippen molar-refractivity contribution in [2.75, 3.05) is 0 Å². The first-order chi connectivity index (χ1) is 9.57. The number of nitrogens with zero attached hydrogens (tertiary/aromatic N) is 3. The average molecular weight is 299 g/mol. The second-order valence-corrected chi connectivity index (χ2v) is 5.94. The molecule has 1 unspecified atom stereocenters. The summed E-state index contributed by atoms with van der Waals surface area (Å²) in [5.41, 5.74) is 5.62. The summed E-state index contributed by atoms with van der Waals surface area (Å²) in [7, 11) is 0. The van der Waals surface area contributed by atoms with Crippen molar-refractivity contribution in [2.45, 2.75) is 70.1 Å². The number of rotatable bonds is 8. The molecule has 1 amide bonds.